The van der Waals surface area contributed by atoms with Crippen molar-refractivity contribution in [2.75, 3.05) is 18.0 Å². The van der Waals surface area contributed by atoms with Gasteiger partial charge in [0, 0.05) is 19.2 Å². The van der Waals surface area contributed by atoms with Crippen molar-refractivity contribution in [3.8, 4) is 0 Å². The Bertz CT molecular complexity index is 316. The van der Waals surface area contributed by atoms with Crippen molar-refractivity contribution in [1.82, 2.24) is 9.97 Å². The Morgan fingerprint density at radius 2 is 1.47 bits per heavy atom. The van der Waals surface area contributed by atoms with Crippen molar-refractivity contribution in [1.29, 1.82) is 0 Å². The molecule has 0 amide bonds. The molecule has 0 N–H and O–H groups in total. The molecule has 0 fully saturated rings. The largest absolute Gasteiger partial charge is 0.341 e. The molecule has 1 heterocycles. The van der Waals surface area contributed by atoms with Gasteiger partial charge in [-0.15, -0.1) is 0 Å². The maximum Gasteiger partial charge on any atom is 0.228 e. The first-order chi connectivity index (χ1) is 8.17. The van der Waals surface area contributed by atoms with Crippen LogP contribution in [-0.2, 0) is 0 Å². The zero-order chi connectivity index (χ0) is 12.7. The minimum Gasteiger partial charge on any atom is -0.341 e. The maximum absolute atomic E-state index is 5.90. The first-order valence-electron chi connectivity index (χ1n) is 6.12. The van der Waals surface area contributed by atoms with E-state index >= 15 is 0 Å². The topological polar surface area (TPSA) is 29.0 Å². The van der Waals surface area contributed by atoms with E-state index < -0.39 is 0 Å². The van der Waals surface area contributed by atoms with Gasteiger partial charge in [0.2, 0.25) is 5.95 Å². The molecule has 0 saturated carbocycles. The van der Waals surface area contributed by atoms with E-state index in [0.29, 0.717) is 16.3 Å². The normalized spacial score (nSPS) is 10.6. The Kier molecular flexibility index (Phi) is 6.60. The monoisotopic (exact) mass is 275 g/mol. The first kappa shape index (κ1) is 14.5. The van der Waals surface area contributed by atoms with Crippen LogP contribution in [0.15, 0.2) is 6.07 Å². The number of hydrogen-bond acceptors (Lipinski definition) is 3. The van der Waals surface area contributed by atoms with Crippen LogP contribution in [0.25, 0.3) is 0 Å². The lowest BCUT2D eigenvalue weighted by Gasteiger charge is -2.22. The minimum atomic E-state index is 0.401. The average molecular weight is 276 g/mol. The van der Waals surface area contributed by atoms with Gasteiger partial charge in [-0.1, -0.05) is 49.9 Å². The molecule has 1 aromatic rings. The Hall–Kier alpha value is -0.540. The fraction of sp³-hybridized carbons (Fsp3) is 0.667. The first-order valence-corrected chi connectivity index (χ1v) is 6.88. The fourth-order valence-electron chi connectivity index (χ4n) is 1.53. The highest BCUT2D eigenvalue weighted by Gasteiger charge is 2.10. The van der Waals surface area contributed by atoms with Crippen LogP contribution < -0.4 is 4.90 Å². The highest BCUT2D eigenvalue weighted by Crippen LogP contribution is 2.18. The summed E-state index contributed by atoms with van der Waals surface area (Å²) in [7, 11) is 0. The predicted octanol–water partition coefficient (Wildman–Crippen LogP) is 4.19. The number of nitrogens with zero attached hydrogens (tertiary/aromatic N) is 3. The van der Waals surface area contributed by atoms with E-state index in [1.807, 2.05) is 0 Å². The van der Waals surface area contributed by atoms with E-state index in [1.165, 1.54) is 0 Å². The van der Waals surface area contributed by atoms with E-state index in [9.17, 15) is 0 Å². The molecule has 1 rings (SSSR count). The van der Waals surface area contributed by atoms with E-state index in [1.54, 1.807) is 6.07 Å². The van der Waals surface area contributed by atoms with Crippen LogP contribution in [0.4, 0.5) is 5.95 Å². The maximum atomic E-state index is 5.90. The molecule has 96 valence electrons. The third-order valence-corrected chi connectivity index (χ3v) is 2.89. The number of unbranched alkanes of at least 4 members (excludes halogenated alkanes) is 2. The second-order valence-electron chi connectivity index (χ2n) is 4.01. The number of hydrogen-bond donors (Lipinski definition) is 0. The third kappa shape index (κ3) is 5.09. The van der Waals surface area contributed by atoms with E-state index in [2.05, 4.69) is 28.7 Å². The molecule has 0 aliphatic carbocycles. The smallest absolute Gasteiger partial charge is 0.228 e. The predicted molar refractivity (Wildman–Crippen MR) is 74.1 cm³/mol. The minimum absolute atomic E-state index is 0.401. The van der Waals surface area contributed by atoms with Gasteiger partial charge < -0.3 is 4.90 Å². The summed E-state index contributed by atoms with van der Waals surface area (Å²) >= 11 is 11.8. The molecule has 0 atom stereocenters. The molecule has 0 aliphatic heterocycles. The van der Waals surface area contributed by atoms with E-state index in [0.717, 1.165) is 38.8 Å². The highest BCUT2D eigenvalue weighted by atomic mass is 35.5. The van der Waals surface area contributed by atoms with Crippen molar-refractivity contribution in [3.63, 3.8) is 0 Å². The molecule has 0 spiro atoms. The zero-order valence-electron chi connectivity index (χ0n) is 10.4. The van der Waals surface area contributed by atoms with E-state index in [4.69, 9.17) is 23.2 Å². The molecule has 1 aromatic heterocycles. The molecule has 0 bridgehead atoms. The number of rotatable bonds is 7. The summed E-state index contributed by atoms with van der Waals surface area (Å²) in [5, 5.41) is 0.802. The van der Waals surface area contributed by atoms with Gasteiger partial charge in [0.1, 0.15) is 10.3 Å². The van der Waals surface area contributed by atoms with Crippen LogP contribution in [0.5, 0.6) is 0 Å². The van der Waals surface area contributed by atoms with Crippen LogP contribution in [0.1, 0.15) is 39.5 Å². The molecule has 0 aliphatic rings. The van der Waals surface area contributed by atoms with Gasteiger partial charge in [-0.2, -0.15) is 0 Å². The lowest BCUT2D eigenvalue weighted by molar-refractivity contribution is 0.663. The van der Waals surface area contributed by atoms with Gasteiger partial charge in [-0.25, -0.2) is 9.97 Å². The number of anilines is 1. The fourth-order valence-corrected chi connectivity index (χ4v) is 1.94. The summed E-state index contributed by atoms with van der Waals surface area (Å²) in [6.45, 7) is 6.24. The molecular weight excluding hydrogens is 257 g/mol. The Morgan fingerprint density at radius 1 is 1.00 bits per heavy atom. The van der Waals surface area contributed by atoms with Crippen LogP contribution in [0.3, 0.4) is 0 Å². The second kappa shape index (κ2) is 7.72. The number of aromatic nitrogens is 2. The van der Waals surface area contributed by atoms with Gasteiger partial charge >= 0.3 is 0 Å². The van der Waals surface area contributed by atoms with Crippen LogP contribution in [0, 0.1) is 0 Å². The van der Waals surface area contributed by atoms with Gasteiger partial charge in [-0.05, 0) is 12.8 Å². The van der Waals surface area contributed by atoms with Crippen molar-refractivity contribution in [2.24, 2.45) is 0 Å². The van der Waals surface area contributed by atoms with Crippen LogP contribution in [0.2, 0.25) is 10.3 Å². The summed E-state index contributed by atoms with van der Waals surface area (Å²) in [4.78, 5) is 10.6. The molecule has 0 unspecified atom stereocenters. The molecule has 0 saturated heterocycles. The summed E-state index contributed by atoms with van der Waals surface area (Å²) in [5.74, 6) is 0.643. The van der Waals surface area contributed by atoms with Crippen LogP contribution in [-0.4, -0.2) is 23.1 Å². The molecule has 0 radical (unpaired) electrons. The standard InChI is InChI=1S/C12H19Cl2N3/c1-3-5-7-17(8-6-4-2)12-15-10(13)9-11(14)16-12/h9H,3-8H2,1-2H3. The van der Waals surface area contributed by atoms with Crippen LogP contribution >= 0.6 is 23.2 Å². The Morgan fingerprint density at radius 3 is 1.88 bits per heavy atom. The molecule has 5 heteroatoms. The Balaban J connectivity index is 2.78. The molecule has 17 heavy (non-hydrogen) atoms. The van der Waals surface area contributed by atoms with Gasteiger partial charge in [0.25, 0.3) is 0 Å². The van der Waals surface area contributed by atoms with E-state index in [-0.39, 0.29) is 0 Å². The lowest BCUT2D eigenvalue weighted by atomic mass is 10.3. The highest BCUT2D eigenvalue weighted by molar-refractivity contribution is 6.33. The SMILES string of the molecule is CCCCN(CCCC)c1nc(Cl)cc(Cl)n1. The average Bonchev–Trinajstić information content (AvgIpc) is 2.28. The van der Waals surface area contributed by atoms with Crippen molar-refractivity contribution < 1.29 is 0 Å². The quantitative estimate of drug-likeness (QED) is 0.699. The summed E-state index contributed by atoms with van der Waals surface area (Å²) in [6, 6.07) is 1.56. The van der Waals surface area contributed by atoms with Crippen molar-refractivity contribution in [3.05, 3.63) is 16.4 Å². The lowest BCUT2D eigenvalue weighted by Crippen LogP contribution is -2.27. The third-order valence-electron chi connectivity index (χ3n) is 2.50. The second-order valence-corrected chi connectivity index (χ2v) is 4.78. The van der Waals surface area contributed by atoms with Gasteiger partial charge in [0.15, 0.2) is 0 Å². The summed E-state index contributed by atoms with van der Waals surface area (Å²) in [5.41, 5.74) is 0. The summed E-state index contributed by atoms with van der Waals surface area (Å²) in [6.07, 6.45) is 4.54. The van der Waals surface area contributed by atoms with Gasteiger partial charge in [0.05, 0.1) is 0 Å². The summed E-state index contributed by atoms with van der Waals surface area (Å²) < 4.78 is 0. The van der Waals surface area contributed by atoms with Crippen molar-refractivity contribution >= 4 is 29.2 Å². The molecule has 3 nitrogen and oxygen atoms in total. The molecular formula is C12H19Cl2N3. The Labute approximate surface area is 113 Å². The number of halogens is 2. The molecule has 0 aromatic carbocycles. The zero-order valence-corrected chi connectivity index (χ0v) is 11.9. The van der Waals surface area contributed by atoms with Crippen molar-refractivity contribution in [2.45, 2.75) is 39.5 Å². The van der Waals surface area contributed by atoms with Gasteiger partial charge in [-0.3, -0.25) is 0 Å².